The fourth-order valence-corrected chi connectivity index (χ4v) is 8.74. The number of amides is 1. The van der Waals surface area contributed by atoms with Crippen molar-refractivity contribution < 1.29 is 23.8 Å². The van der Waals surface area contributed by atoms with Gasteiger partial charge in [-0.25, -0.2) is 14.8 Å². The number of hydrogen-bond donors (Lipinski definition) is 0. The number of pyridine rings is 1. The molecule has 0 unspecified atom stereocenters. The predicted octanol–water partition coefficient (Wildman–Crippen LogP) is 9.02. The summed E-state index contributed by atoms with van der Waals surface area (Å²) < 4.78 is 20.9. The third-order valence-electron chi connectivity index (χ3n) is 10.3. The zero-order chi connectivity index (χ0) is 43.3. The number of carbonyl (C=O) groups is 2. The summed E-state index contributed by atoms with van der Waals surface area (Å²) in [4.78, 5) is 44.4. The lowest BCUT2D eigenvalue weighted by Crippen LogP contribution is -2.37. The normalized spacial score (nSPS) is 13.1. The smallest absolute Gasteiger partial charge is 0.358 e. The number of esters is 1. The van der Waals surface area contributed by atoms with E-state index in [1.54, 1.807) is 11.1 Å². The van der Waals surface area contributed by atoms with Crippen molar-refractivity contribution in [2.45, 2.75) is 71.6 Å². The van der Waals surface area contributed by atoms with Crippen LogP contribution in [-0.2, 0) is 29.0 Å². The number of fused-ring (bicyclic) bond motifs is 2. The minimum Gasteiger partial charge on any atom is -0.492 e. The molecule has 6 aromatic rings. The van der Waals surface area contributed by atoms with Crippen molar-refractivity contribution in [1.82, 2.24) is 24.6 Å². The van der Waals surface area contributed by atoms with E-state index in [0.29, 0.717) is 61.3 Å². The number of thiazole rings is 1. The molecule has 14 heteroatoms. The highest BCUT2D eigenvalue weighted by atomic mass is 32.1. The standard InChI is InChI=1S/C47H57N7O5SSi/c1-47(2,3)59-45(56)43-37(35-28-48-53(30-35)29-33-13-11-15-36(27-33)58-24-23-51(4)5)19-20-42(50-43)52-22-21-34-14-12-16-38(39(34)31-52)44(55)54(32-57-25-26-61(6,7)8)46-49-40-17-9-10-18-41(40)60-46/h9-20,27-28,30H,21-26,29,31-32H2,1-8H3. The third-order valence-corrected chi connectivity index (χ3v) is 13.0. The highest BCUT2D eigenvalue weighted by Crippen LogP contribution is 2.34. The van der Waals surface area contributed by atoms with E-state index in [9.17, 15) is 9.59 Å². The molecule has 0 aliphatic carbocycles. The Kier molecular flexibility index (Phi) is 13.4. The first-order chi connectivity index (χ1) is 29.1. The molecular formula is C47H57N7O5SSi. The molecule has 320 valence electrons. The number of para-hydroxylation sites is 1. The maximum Gasteiger partial charge on any atom is 0.358 e. The summed E-state index contributed by atoms with van der Waals surface area (Å²) in [7, 11) is 2.70. The number of nitrogens with zero attached hydrogens (tertiary/aromatic N) is 7. The summed E-state index contributed by atoms with van der Waals surface area (Å²) in [5.74, 6) is 0.745. The van der Waals surface area contributed by atoms with Gasteiger partial charge in [-0.1, -0.05) is 67.4 Å². The van der Waals surface area contributed by atoms with Gasteiger partial charge >= 0.3 is 5.97 Å². The van der Waals surface area contributed by atoms with Crippen LogP contribution in [0.5, 0.6) is 5.75 Å². The Bertz CT molecular complexity index is 2450. The number of rotatable bonds is 16. The van der Waals surface area contributed by atoms with Crippen LogP contribution in [0.1, 0.15) is 58.3 Å². The average Bonchev–Trinajstić information content (AvgIpc) is 3.86. The fraction of sp³-hybridized carbons (Fsp3) is 0.383. The third kappa shape index (κ3) is 11.3. The molecule has 1 amide bonds. The van der Waals surface area contributed by atoms with Gasteiger partial charge in [0.2, 0.25) is 0 Å². The topological polar surface area (TPSA) is 115 Å². The molecule has 0 radical (unpaired) electrons. The van der Waals surface area contributed by atoms with Crippen molar-refractivity contribution in [2.24, 2.45) is 0 Å². The maximum atomic E-state index is 14.7. The Labute approximate surface area is 364 Å². The van der Waals surface area contributed by atoms with E-state index in [0.717, 1.165) is 50.8 Å². The van der Waals surface area contributed by atoms with Crippen LogP contribution in [0.25, 0.3) is 21.3 Å². The first-order valence-electron chi connectivity index (χ1n) is 20.8. The lowest BCUT2D eigenvalue weighted by atomic mass is 9.94. The lowest BCUT2D eigenvalue weighted by molar-refractivity contribution is 0.00637. The lowest BCUT2D eigenvalue weighted by Gasteiger charge is -2.32. The number of hydrogen-bond acceptors (Lipinski definition) is 11. The molecule has 1 aliphatic rings. The number of aromatic nitrogens is 4. The zero-order valence-corrected chi connectivity index (χ0v) is 38.4. The van der Waals surface area contributed by atoms with Gasteiger partial charge in [0, 0.05) is 57.2 Å². The predicted molar refractivity (Wildman–Crippen MR) is 247 cm³/mol. The molecule has 12 nitrogen and oxygen atoms in total. The quantitative estimate of drug-likeness (QED) is 0.0404. The second-order valence-corrected chi connectivity index (χ2v) is 24.6. The summed E-state index contributed by atoms with van der Waals surface area (Å²) in [5, 5.41) is 5.26. The zero-order valence-electron chi connectivity index (χ0n) is 36.6. The Hall–Kier alpha value is -5.41. The Morgan fingerprint density at radius 3 is 2.51 bits per heavy atom. The monoisotopic (exact) mass is 859 g/mol. The summed E-state index contributed by atoms with van der Waals surface area (Å²) in [6, 6.07) is 26.7. The fourth-order valence-electron chi connectivity index (χ4n) is 7.03. The Morgan fingerprint density at radius 2 is 1.74 bits per heavy atom. The molecule has 0 saturated heterocycles. The van der Waals surface area contributed by atoms with Crippen molar-refractivity contribution in [3.05, 3.63) is 119 Å². The molecule has 3 aromatic heterocycles. The van der Waals surface area contributed by atoms with E-state index in [2.05, 4.69) is 40.6 Å². The maximum absolute atomic E-state index is 14.7. The van der Waals surface area contributed by atoms with Gasteiger partial charge in [0.05, 0.1) is 23.0 Å². The molecule has 7 rings (SSSR count). The van der Waals surface area contributed by atoms with Crippen LogP contribution < -0.4 is 14.5 Å². The van der Waals surface area contributed by atoms with E-state index < -0.39 is 19.6 Å². The summed E-state index contributed by atoms with van der Waals surface area (Å²) in [5.41, 5.74) is 5.35. The molecule has 1 aliphatic heterocycles. The molecule has 3 aromatic carbocycles. The largest absolute Gasteiger partial charge is 0.492 e. The van der Waals surface area contributed by atoms with Crippen molar-refractivity contribution in [1.29, 1.82) is 0 Å². The molecule has 4 heterocycles. The van der Waals surface area contributed by atoms with Crippen molar-refractivity contribution >= 4 is 52.5 Å². The van der Waals surface area contributed by atoms with Crippen LogP contribution >= 0.6 is 11.3 Å². The number of carbonyl (C=O) groups excluding carboxylic acids is 2. The number of benzene rings is 3. The van der Waals surface area contributed by atoms with Crippen molar-refractivity contribution in [2.75, 3.05) is 56.9 Å². The first-order valence-corrected chi connectivity index (χ1v) is 25.4. The Morgan fingerprint density at radius 1 is 0.934 bits per heavy atom. The van der Waals surface area contributed by atoms with Gasteiger partial charge in [0.1, 0.15) is 30.5 Å². The summed E-state index contributed by atoms with van der Waals surface area (Å²) in [6.45, 7) is 16.2. The van der Waals surface area contributed by atoms with Gasteiger partial charge in [-0.3, -0.25) is 14.4 Å². The van der Waals surface area contributed by atoms with Crippen LogP contribution in [0, 0.1) is 0 Å². The molecule has 61 heavy (non-hydrogen) atoms. The van der Waals surface area contributed by atoms with Gasteiger partial charge in [-0.15, -0.1) is 0 Å². The van der Waals surface area contributed by atoms with Crippen LogP contribution in [0.2, 0.25) is 25.7 Å². The van der Waals surface area contributed by atoms with E-state index in [-0.39, 0.29) is 18.3 Å². The van der Waals surface area contributed by atoms with Crippen LogP contribution in [0.3, 0.4) is 0 Å². The molecule has 0 fully saturated rings. The molecule has 0 bridgehead atoms. The van der Waals surface area contributed by atoms with E-state index in [1.165, 1.54) is 11.3 Å². The number of anilines is 2. The van der Waals surface area contributed by atoms with E-state index in [1.807, 2.05) is 119 Å². The Balaban J connectivity index is 1.15. The molecule has 0 N–H and O–H groups in total. The number of likely N-dealkylation sites (N-methyl/N-ethyl adjacent to an activating group) is 1. The van der Waals surface area contributed by atoms with Gasteiger partial charge in [0.25, 0.3) is 5.91 Å². The van der Waals surface area contributed by atoms with Gasteiger partial charge in [0.15, 0.2) is 10.8 Å². The van der Waals surface area contributed by atoms with Gasteiger partial charge < -0.3 is 24.0 Å². The van der Waals surface area contributed by atoms with Crippen molar-refractivity contribution in [3.8, 4) is 16.9 Å². The van der Waals surface area contributed by atoms with Gasteiger partial charge in [-0.05, 0) is 106 Å². The van der Waals surface area contributed by atoms with E-state index in [4.69, 9.17) is 24.2 Å². The van der Waals surface area contributed by atoms with Crippen LogP contribution in [0.4, 0.5) is 10.9 Å². The SMILES string of the molecule is CN(C)CCOc1cccc(Cn2cc(-c3ccc(N4CCc5cccc(C(=O)N(COCC[Si](C)(C)C)c6nc7ccccc7s6)c5C4)nc3C(=O)OC(C)(C)C)cn2)c1. The molecule has 0 atom stereocenters. The van der Waals surface area contributed by atoms with Crippen LogP contribution in [0.15, 0.2) is 91.3 Å². The minimum absolute atomic E-state index is 0.104. The summed E-state index contributed by atoms with van der Waals surface area (Å²) >= 11 is 1.49. The average molecular weight is 860 g/mol. The minimum atomic E-state index is -1.34. The molecular weight excluding hydrogens is 803 g/mol. The second kappa shape index (κ2) is 18.7. The summed E-state index contributed by atoms with van der Waals surface area (Å²) in [6.07, 6.45) is 4.37. The first kappa shape index (κ1) is 43.7. The van der Waals surface area contributed by atoms with E-state index >= 15 is 0 Å². The van der Waals surface area contributed by atoms with Crippen LogP contribution in [-0.4, -0.2) is 97.3 Å². The van der Waals surface area contributed by atoms with Gasteiger partial charge in [-0.2, -0.15) is 5.10 Å². The highest BCUT2D eigenvalue weighted by molar-refractivity contribution is 7.22. The molecule has 0 spiro atoms. The number of ether oxygens (including phenoxy) is 3. The molecule has 0 saturated carbocycles. The second-order valence-electron chi connectivity index (χ2n) is 18.0. The van der Waals surface area contributed by atoms with Crippen molar-refractivity contribution in [3.63, 3.8) is 0 Å². The highest BCUT2D eigenvalue weighted by Gasteiger charge is 2.30.